The van der Waals surface area contributed by atoms with Crippen LogP contribution in [0.1, 0.15) is 24.0 Å². The van der Waals surface area contributed by atoms with Crippen LogP contribution in [0.5, 0.6) is 5.75 Å². The molecule has 1 fully saturated rings. The Kier molecular flexibility index (Phi) is 6.77. The molecule has 5 rings (SSSR count). The van der Waals surface area contributed by atoms with E-state index >= 15 is 0 Å². The number of amides is 1. The van der Waals surface area contributed by atoms with Crippen LogP contribution in [0.4, 0.5) is 5.69 Å². The van der Waals surface area contributed by atoms with E-state index in [0.29, 0.717) is 24.6 Å². The van der Waals surface area contributed by atoms with Gasteiger partial charge in [-0.15, -0.1) is 0 Å². The maximum Gasteiger partial charge on any atom is 0.264 e. The second-order valence-corrected chi connectivity index (χ2v) is 11.1. The molecule has 0 aliphatic carbocycles. The summed E-state index contributed by atoms with van der Waals surface area (Å²) in [5, 5.41) is 0. The molecule has 182 valence electrons. The number of carbonyl (C=O) groups is 1. The summed E-state index contributed by atoms with van der Waals surface area (Å²) >= 11 is 0. The van der Waals surface area contributed by atoms with Gasteiger partial charge in [-0.2, -0.15) is 0 Å². The van der Waals surface area contributed by atoms with Gasteiger partial charge in [0.05, 0.1) is 10.6 Å². The largest absolute Gasteiger partial charge is 0.484 e. The Morgan fingerprint density at radius 1 is 0.857 bits per heavy atom. The van der Waals surface area contributed by atoms with Gasteiger partial charge in [-0.25, -0.2) is 8.42 Å². The fraction of sp³-hybridized carbons (Fsp3) is 0.321. The third-order valence-corrected chi connectivity index (χ3v) is 8.78. The molecule has 6 nitrogen and oxygen atoms in total. The molecule has 3 aromatic rings. The highest BCUT2D eigenvalue weighted by Crippen LogP contribution is 2.33. The average molecular weight is 491 g/mol. The minimum atomic E-state index is -3.64. The van der Waals surface area contributed by atoms with Gasteiger partial charge in [0.15, 0.2) is 6.61 Å². The number of rotatable bonds is 7. The Morgan fingerprint density at radius 2 is 1.54 bits per heavy atom. The molecule has 1 amide bonds. The molecule has 7 heteroatoms. The van der Waals surface area contributed by atoms with Crippen LogP contribution in [0.15, 0.2) is 83.8 Å². The van der Waals surface area contributed by atoms with E-state index < -0.39 is 10.0 Å². The van der Waals surface area contributed by atoms with E-state index in [-0.39, 0.29) is 17.4 Å². The first-order valence-corrected chi connectivity index (χ1v) is 13.6. The van der Waals surface area contributed by atoms with Crippen LogP contribution in [-0.4, -0.2) is 45.5 Å². The average Bonchev–Trinajstić information content (AvgIpc) is 3.34. The lowest BCUT2D eigenvalue weighted by Crippen LogP contribution is -2.41. The number of hydrogen-bond donors (Lipinski definition) is 0. The first-order valence-electron chi connectivity index (χ1n) is 12.2. The molecule has 1 saturated heterocycles. The third-order valence-electron chi connectivity index (χ3n) is 6.95. The summed E-state index contributed by atoms with van der Waals surface area (Å²) in [6, 6.07) is 24.4. The summed E-state index contributed by atoms with van der Waals surface area (Å²) in [4.78, 5) is 14.7. The minimum absolute atomic E-state index is 0.0338. The van der Waals surface area contributed by atoms with Gasteiger partial charge in [-0.3, -0.25) is 9.10 Å². The topological polar surface area (TPSA) is 66.9 Å². The Balaban J connectivity index is 1.13. The predicted octanol–water partition coefficient (Wildman–Crippen LogP) is 4.30. The predicted molar refractivity (Wildman–Crippen MR) is 136 cm³/mol. The van der Waals surface area contributed by atoms with E-state index in [0.717, 1.165) is 43.6 Å². The van der Waals surface area contributed by atoms with Crippen molar-refractivity contribution in [3.8, 4) is 5.75 Å². The third kappa shape index (κ3) is 5.20. The second-order valence-electron chi connectivity index (χ2n) is 9.23. The van der Waals surface area contributed by atoms with Gasteiger partial charge >= 0.3 is 0 Å². The number of sulfonamides is 1. The second kappa shape index (κ2) is 10.1. The zero-order chi connectivity index (χ0) is 24.3. The van der Waals surface area contributed by atoms with Crippen LogP contribution in [-0.2, 0) is 27.7 Å². The molecule has 0 radical (unpaired) electrons. The molecular formula is C28H30N2O4S. The van der Waals surface area contributed by atoms with E-state index in [1.165, 1.54) is 9.87 Å². The van der Waals surface area contributed by atoms with Gasteiger partial charge < -0.3 is 9.64 Å². The molecule has 0 aromatic heterocycles. The van der Waals surface area contributed by atoms with E-state index in [2.05, 4.69) is 24.3 Å². The minimum Gasteiger partial charge on any atom is -0.484 e. The summed E-state index contributed by atoms with van der Waals surface area (Å²) in [6.07, 6.45) is 3.75. The molecule has 0 unspecified atom stereocenters. The van der Waals surface area contributed by atoms with Crippen molar-refractivity contribution in [2.24, 2.45) is 5.92 Å². The zero-order valence-corrected chi connectivity index (χ0v) is 20.5. The molecule has 2 aliphatic heterocycles. The standard InChI is InChI=1S/C28H30N2O4S/c31-28(29-17-14-23(15-18-29)20-22-6-2-1-3-7-22)21-34-25-10-12-26(13-11-25)35(32,33)30-19-16-24-8-4-5-9-27(24)30/h1-13,23H,14-21H2. The Hall–Kier alpha value is -3.32. The quantitative estimate of drug-likeness (QED) is 0.495. The van der Waals surface area contributed by atoms with Crippen molar-refractivity contribution < 1.29 is 17.9 Å². The lowest BCUT2D eigenvalue weighted by atomic mass is 9.90. The number of likely N-dealkylation sites (tertiary alicyclic amines) is 1. The molecular weight excluding hydrogens is 460 g/mol. The van der Waals surface area contributed by atoms with E-state index in [1.54, 1.807) is 24.3 Å². The van der Waals surface area contributed by atoms with Crippen molar-refractivity contribution in [1.29, 1.82) is 0 Å². The summed E-state index contributed by atoms with van der Waals surface area (Å²) in [5.41, 5.74) is 3.13. The highest BCUT2D eigenvalue weighted by molar-refractivity contribution is 7.92. The molecule has 0 bridgehead atoms. The molecule has 0 atom stereocenters. The molecule has 0 saturated carbocycles. The maximum absolute atomic E-state index is 13.1. The Labute approximate surface area is 207 Å². The van der Waals surface area contributed by atoms with Crippen molar-refractivity contribution in [3.63, 3.8) is 0 Å². The first kappa shape index (κ1) is 23.4. The number of piperidine rings is 1. The number of fused-ring (bicyclic) bond motifs is 1. The highest BCUT2D eigenvalue weighted by atomic mass is 32.2. The molecule has 3 aromatic carbocycles. The molecule has 2 heterocycles. The molecule has 2 aliphatic rings. The summed E-state index contributed by atoms with van der Waals surface area (Å²) in [6.45, 7) is 1.88. The lowest BCUT2D eigenvalue weighted by molar-refractivity contribution is -0.134. The number of benzene rings is 3. The number of hydrogen-bond acceptors (Lipinski definition) is 4. The van der Waals surface area contributed by atoms with Crippen molar-refractivity contribution >= 4 is 21.6 Å². The van der Waals surface area contributed by atoms with Crippen molar-refractivity contribution in [2.75, 3.05) is 30.5 Å². The van der Waals surface area contributed by atoms with Gasteiger partial charge in [0, 0.05) is 19.6 Å². The monoisotopic (exact) mass is 490 g/mol. The highest BCUT2D eigenvalue weighted by Gasteiger charge is 2.30. The van der Waals surface area contributed by atoms with Crippen LogP contribution in [0.25, 0.3) is 0 Å². The smallest absolute Gasteiger partial charge is 0.264 e. The molecule has 35 heavy (non-hydrogen) atoms. The van der Waals surface area contributed by atoms with Crippen molar-refractivity contribution in [2.45, 2.75) is 30.6 Å². The number of ether oxygens (including phenoxy) is 1. The Morgan fingerprint density at radius 3 is 2.29 bits per heavy atom. The van der Waals surface area contributed by atoms with Crippen molar-refractivity contribution in [3.05, 3.63) is 90.0 Å². The maximum atomic E-state index is 13.1. The van der Waals surface area contributed by atoms with Gasteiger partial charge in [0.25, 0.3) is 15.9 Å². The first-order chi connectivity index (χ1) is 17.0. The summed E-state index contributed by atoms with van der Waals surface area (Å²) in [7, 11) is -3.64. The molecule has 0 spiro atoms. The Bertz CT molecular complexity index is 1270. The SMILES string of the molecule is O=C(COc1ccc(S(=O)(=O)N2CCc3ccccc32)cc1)N1CCC(Cc2ccccc2)CC1. The van der Waals surface area contributed by atoms with E-state index in [1.807, 2.05) is 35.2 Å². The fourth-order valence-electron chi connectivity index (χ4n) is 4.96. The number of anilines is 1. The van der Waals surface area contributed by atoms with Crippen LogP contribution < -0.4 is 9.04 Å². The lowest BCUT2D eigenvalue weighted by Gasteiger charge is -2.32. The van der Waals surface area contributed by atoms with Crippen LogP contribution in [0, 0.1) is 5.92 Å². The van der Waals surface area contributed by atoms with Crippen LogP contribution in [0.3, 0.4) is 0 Å². The van der Waals surface area contributed by atoms with Crippen LogP contribution in [0.2, 0.25) is 0 Å². The summed E-state index contributed by atoms with van der Waals surface area (Å²) in [5.74, 6) is 1.05. The van der Waals surface area contributed by atoms with Gasteiger partial charge in [-0.05, 0) is 73.1 Å². The number of para-hydroxylation sites is 1. The van der Waals surface area contributed by atoms with Gasteiger partial charge in [-0.1, -0.05) is 48.5 Å². The fourth-order valence-corrected chi connectivity index (χ4v) is 6.47. The molecule has 0 N–H and O–H groups in total. The van der Waals surface area contributed by atoms with Crippen LogP contribution >= 0.6 is 0 Å². The van der Waals surface area contributed by atoms with E-state index in [4.69, 9.17) is 4.74 Å². The summed E-state index contributed by atoms with van der Waals surface area (Å²) < 4.78 is 33.4. The number of carbonyl (C=O) groups excluding carboxylic acids is 1. The van der Waals surface area contributed by atoms with E-state index in [9.17, 15) is 13.2 Å². The number of nitrogens with zero attached hydrogens (tertiary/aromatic N) is 2. The van der Waals surface area contributed by atoms with Gasteiger partial charge in [0.2, 0.25) is 0 Å². The normalized spacial score (nSPS) is 16.2. The zero-order valence-electron chi connectivity index (χ0n) is 19.7. The van der Waals surface area contributed by atoms with Gasteiger partial charge in [0.1, 0.15) is 5.75 Å². The van der Waals surface area contributed by atoms with Crippen molar-refractivity contribution in [1.82, 2.24) is 4.90 Å².